The van der Waals surface area contributed by atoms with Crippen LogP contribution in [-0.2, 0) is 0 Å². The number of azo groups is 1. The molecule has 0 saturated carbocycles. The molecule has 3 aromatic carbocycles. The Labute approximate surface area is 185 Å². The van der Waals surface area contributed by atoms with Gasteiger partial charge in [0.1, 0.15) is 0 Å². The van der Waals surface area contributed by atoms with Crippen molar-refractivity contribution in [3.63, 3.8) is 0 Å². The van der Waals surface area contributed by atoms with Gasteiger partial charge in [-0.25, -0.2) is 4.68 Å². The molecule has 0 radical (unpaired) electrons. The number of non-ortho nitro benzene ring substituents is 1. The van der Waals surface area contributed by atoms with Crippen molar-refractivity contribution in [2.75, 3.05) is 0 Å². The van der Waals surface area contributed by atoms with Gasteiger partial charge in [0.15, 0.2) is 5.69 Å². The van der Waals surface area contributed by atoms with Crippen LogP contribution in [-0.4, -0.2) is 19.6 Å². The zero-order valence-corrected chi connectivity index (χ0v) is 17.2. The molecule has 0 saturated heterocycles. The summed E-state index contributed by atoms with van der Waals surface area (Å²) in [6.45, 7) is 1.61. The van der Waals surface area contributed by atoms with E-state index in [9.17, 15) is 25.0 Å². The van der Waals surface area contributed by atoms with Gasteiger partial charge in [-0.3, -0.25) is 30.1 Å². The monoisotopic (exact) mass is 444 g/mol. The third kappa shape index (κ3) is 4.28. The Kier molecular flexibility index (Phi) is 5.60. The highest BCUT2D eigenvalue weighted by Gasteiger charge is 2.18. The Balaban J connectivity index is 1.84. The van der Waals surface area contributed by atoms with E-state index in [1.54, 1.807) is 49.4 Å². The Morgan fingerprint density at radius 2 is 1.58 bits per heavy atom. The van der Waals surface area contributed by atoms with Crippen LogP contribution in [0, 0.1) is 27.2 Å². The molecule has 0 aliphatic carbocycles. The van der Waals surface area contributed by atoms with Gasteiger partial charge in [0.25, 0.3) is 16.9 Å². The number of nitro groups is 2. The van der Waals surface area contributed by atoms with Crippen molar-refractivity contribution in [2.45, 2.75) is 6.92 Å². The number of nitrogens with one attached hydrogen (secondary N) is 1. The first-order valence-electron chi connectivity index (χ1n) is 9.67. The van der Waals surface area contributed by atoms with Crippen molar-refractivity contribution >= 4 is 22.7 Å². The lowest BCUT2D eigenvalue weighted by molar-refractivity contribution is -0.385. The molecule has 0 aliphatic rings. The molecule has 1 N–H and O–H groups in total. The average molecular weight is 444 g/mol. The quantitative estimate of drug-likeness (QED) is 0.241. The topological polar surface area (TPSA) is 149 Å². The summed E-state index contributed by atoms with van der Waals surface area (Å²) >= 11 is 0. The first-order chi connectivity index (χ1) is 15.8. The third-order valence-electron chi connectivity index (χ3n) is 4.90. The van der Waals surface area contributed by atoms with Crippen LogP contribution in [0.3, 0.4) is 0 Å². The van der Waals surface area contributed by atoms with Crippen LogP contribution < -0.4 is 5.56 Å². The van der Waals surface area contributed by atoms with Crippen LogP contribution in [0.2, 0.25) is 0 Å². The Morgan fingerprint density at radius 3 is 2.21 bits per heavy atom. The van der Waals surface area contributed by atoms with E-state index in [0.29, 0.717) is 22.5 Å². The summed E-state index contributed by atoms with van der Waals surface area (Å²) in [5.74, 6) is 0. The Hall–Kier alpha value is -4.93. The van der Waals surface area contributed by atoms with Gasteiger partial charge in [0.05, 0.1) is 26.9 Å². The molecule has 33 heavy (non-hydrogen) atoms. The molecule has 0 fully saturated rings. The molecule has 0 aliphatic heterocycles. The largest absolute Gasteiger partial charge is 0.299 e. The van der Waals surface area contributed by atoms with Crippen molar-refractivity contribution in [1.29, 1.82) is 0 Å². The number of aryl methyl sites for hydroxylation is 1. The van der Waals surface area contributed by atoms with Crippen LogP contribution in [0.1, 0.15) is 5.56 Å². The molecule has 1 heterocycles. The zero-order valence-electron chi connectivity index (χ0n) is 17.2. The number of aromatic amines is 1. The number of benzene rings is 3. The van der Waals surface area contributed by atoms with E-state index in [-0.39, 0.29) is 22.7 Å². The minimum absolute atomic E-state index is 0.0454. The third-order valence-corrected chi connectivity index (χ3v) is 4.90. The molecule has 1 aromatic heterocycles. The van der Waals surface area contributed by atoms with Gasteiger partial charge in [0, 0.05) is 29.3 Å². The second-order valence-electron chi connectivity index (χ2n) is 7.04. The van der Waals surface area contributed by atoms with Crippen LogP contribution in [0.5, 0.6) is 0 Å². The van der Waals surface area contributed by atoms with E-state index in [2.05, 4.69) is 15.3 Å². The maximum absolute atomic E-state index is 13.2. The average Bonchev–Trinajstić information content (AvgIpc) is 3.15. The van der Waals surface area contributed by atoms with Crippen molar-refractivity contribution in [1.82, 2.24) is 9.78 Å². The summed E-state index contributed by atoms with van der Waals surface area (Å²) in [5.41, 5.74) is 1.25. The number of hydrogen-bond donors (Lipinski definition) is 1. The maximum Gasteiger partial charge on any atom is 0.299 e. The molecule has 4 aromatic rings. The number of rotatable bonds is 6. The summed E-state index contributed by atoms with van der Waals surface area (Å²) in [5, 5.41) is 33.3. The van der Waals surface area contributed by atoms with Crippen LogP contribution in [0.25, 0.3) is 16.9 Å². The minimum atomic E-state index is -0.521. The maximum atomic E-state index is 13.2. The number of nitro benzene ring substituents is 2. The van der Waals surface area contributed by atoms with Gasteiger partial charge in [-0.05, 0) is 37.3 Å². The van der Waals surface area contributed by atoms with Crippen LogP contribution in [0.4, 0.5) is 22.7 Å². The van der Waals surface area contributed by atoms with Gasteiger partial charge in [-0.2, -0.15) is 5.11 Å². The molecule has 0 bridgehead atoms. The van der Waals surface area contributed by atoms with Crippen molar-refractivity contribution in [3.05, 3.63) is 109 Å². The highest BCUT2D eigenvalue weighted by Crippen LogP contribution is 2.30. The molecule has 0 amide bonds. The predicted molar refractivity (Wildman–Crippen MR) is 120 cm³/mol. The fourth-order valence-corrected chi connectivity index (χ4v) is 3.20. The van der Waals surface area contributed by atoms with Gasteiger partial charge in [-0.15, -0.1) is 5.11 Å². The molecule has 0 unspecified atom stereocenters. The van der Waals surface area contributed by atoms with Gasteiger partial charge >= 0.3 is 0 Å². The summed E-state index contributed by atoms with van der Waals surface area (Å²) in [4.78, 5) is 34.3. The minimum Gasteiger partial charge on any atom is -0.288 e. The fraction of sp³-hybridized carbons (Fsp3) is 0.0455. The van der Waals surface area contributed by atoms with E-state index >= 15 is 0 Å². The second kappa shape index (κ2) is 8.67. The van der Waals surface area contributed by atoms with Gasteiger partial charge in [-0.1, -0.05) is 24.3 Å². The number of para-hydroxylation sites is 1. The lowest BCUT2D eigenvalue weighted by Crippen LogP contribution is -2.13. The van der Waals surface area contributed by atoms with Gasteiger partial charge < -0.3 is 0 Å². The van der Waals surface area contributed by atoms with E-state index in [4.69, 9.17) is 0 Å². The highest BCUT2D eigenvalue weighted by atomic mass is 16.6. The fourth-order valence-electron chi connectivity index (χ4n) is 3.20. The SMILES string of the molecule is Cc1ccc(N=Nc2c(-c3ccc([N+](=O)[O-])cc3)[nH]n(-c3ccccc3)c2=O)cc1[N+](=O)[O-]. The Bertz CT molecular complexity index is 1440. The lowest BCUT2D eigenvalue weighted by Gasteiger charge is -2.01. The molecular weight excluding hydrogens is 428 g/mol. The molecule has 164 valence electrons. The van der Waals surface area contributed by atoms with E-state index < -0.39 is 15.4 Å². The molecule has 11 nitrogen and oxygen atoms in total. The van der Waals surface area contributed by atoms with Crippen molar-refractivity contribution in [2.24, 2.45) is 10.2 Å². The molecule has 0 spiro atoms. The van der Waals surface area contributed by atoms with E-state index in [0.717, 1.165) is 0 Å². The summed E-state index contributed by atoms with van der Waals surface area (Å²) < 4.78 is 1.28. The molecular formula is C22H16N6O5. The molecule has 4 rings (SSSR count). The highest BCUT2D eigenvalue weighted by molar-refractivity contribution is 5.72. The second-order valence-corrected chi connectivity index (χ2v) is 7.04. The van der Waals surface area contributed by atoms with Crippen molar-refractivity contribution in [3.8, 4) is 16.9 Å². The lowest BCUT2D eigenvalue weighted by atomic mass is 10.1. The normalized spacial score (nSPS) is 11.1. The summed E-state index contributed by atoms with van der Waals surface area (Å²) in [7, 11) is 0. The number of nitrogens with zero attached hydrogens (tertiary/aromatic N) is 5. The van der Waals surface area contributed by atoms with Crippen LogP contribution >= 0.6 is 0 Å². The van der Waals surface area contributed by atoms with Gasteiger partial charge in [0.2, 0.25) is 0 Å². The number of H-pyrrole nitrogens is 1. The number of aromatic nitrogens is 2. The predicted octanol–water partition coefficient (Wildman–Crippen LogP) is 5.37. The van der Waals surface area contributed by atoms with E-state index in [1.807, 2.05) is 0 Å². The molecule has 11 heteroatoms. The van der Waals surface area contributed by atoms with Crippen molar-refractivity contribution < 1.29 is 9.85 Å². The van der Waals surface area contributed by atoms with Crippen LogP contribution in [0.15, 0.2) is 87.8 Å². The molecule has 0 atom stereocenters. The standard InChI is InChI=1S/C22H16N6O5/c1-14-7-10-16(13-19(14)28(32)33)23-24-21-20(15-8-11-18(12-9-15)27(30)31)25-26(22(21)29)17-5-3-2-4-6-17/h2-13,25H,1H3. The summed E-state index contributed by atoms with van der Waals surface area (Å²) in [6.07, 6.45) is 0. The Morgan fingerprint density at radius 1 is 0.879 bits per heavy atom. The summed E-state index contributed by atoms with van der Waals surface area (Å²) in [6, 6.07) is 18.8. The van der Waals surface area contributed by atoms with E-state index in [1.165, 1.54) is 35.0 Å². The first kappa shape index (κ1) is 21.3. The first-order valence-corrected chi connectivity index (χ1v) is 9.67. The zero-order chi connectivity index (χ0) is 23.5. The smallest absolute Gasteiger partial charge is 0.288 e. The number of hydrogen-bond acceptors (Lipinski definition) is 7.